The Morgan fingerprint density at radius 2 is 1.81 bits per heavy atom. The van der Waals surface area contributed by atoms with Crippen LogP contribution in [0.1, 0.15) is 24.8 Å². The third kappa shape index (κ3) is 3.67. The van der Waals surface area contributed by atoms with Gasteiger partial charge in [-0.3, -0.25) is 14.8 Å². The van der Waals surface area contributed by atoms with Crippen LogP contribution >= 0.6 is 0 Å². The Morgan fingerprint density at radius 3 is 2.44 bits per heavy atom. The van der Waals surface area contributed by atoms with Gasteiger partial charge in [-0.1, -0.05) is 18.2 Å². The molecule has 138 valence electrons. The summed E-state index contributed by atoms with van der Waals surface area (Å²) in [6.45, 7) is 0.480. The Kier molecular flexibility index (Phi) is 4.58. The van der Waals surface area contributed by atoms with E-state index in [2.05, 4.69) is 10.1 Å². The number of carbonyl (C=O) groups is 2. The van der Waals surface area contributed by atoms with Crippen molar-refractivity contribution in [3.63, 3.8) is 0 Å². The summed E-state index contributed by atoms with van der Waals surface area (Å²) in [7, 11) is 0. The summed E-state index contributed by atoms with van der Waals surface area (Å²) >= 11 is 0. The molecule has 2 aromatic rings. The summed E-state index contributed by atoms with van der Waals surface area (Å²) in [5.41, 5.74) is 1.96. The fourth-order valence-electron chi connectivity index (χ4n) is 3.25. The quantitative estimate of drug-likeness (QED) is 0.850. The van der Waals surface area contributed by atoms with E-state index in [0.717, 1.165) is 18.4 Å². The summed E-state index contributed by atoms with van der Waals surface area (Å²) in [5.74, 6) is -1.17. The molecular formula is C20H20N4O3. The molecule has 1 aromatic carbocycles. The number of hydrazone groups is 1. The van der Waals surface area contributed by atoms with E-state index in [1.807, 2.05) is 35.2 Å². The average molecular weight is 364 g/mol. The van der Waals surface area contributed by atoms with Crippen molar-refractivity contribution in [2.45, 2.75) is 37.9 Å². The van der Waals surface area contributed by atoms with Gasteiger partial charge >= 0.3 is 5.97 Å². The fourth-order valence-corrected chi connectivity index (χ4v) is 3.25. The summed E-state index contributed by atoms with van der Waals surface area (Å²) in [5, 5.41) is 15.4. The van der Waals surface area contributed by atoms with Crippen LogP contribution in [0.4, 0.5) is 5.69 Å². The molecule has 0 saturated heterocycles. The lowest BCUT2D eigenvalue weighted by Gasteiger charge is -2.22. The maximum atomic E-state index is 13.1. The molecule has 1 aliphatic carbocycles. The SMILES string of the molecule is O=C(O)C1CC(C(=O)N(Cc2ccncc2)C2CC2)=NN1c1ccccc1. The van der Waals surface area contributed by atoms with Crippen LogP contribution in [0, 0.1) is 0 Å². The third-order valence-electron chi connectivity index (χ3n) is 4.81. The van der Waals surface area contributed by atoms with Crippen molar-refractivity contribution in [3.05, 3.63) is 60.4 Å². The molecule has 1 unspecified atom stereocenters. The van der Waals surface area contributed by atoms with Crippen LogP contribution in [-0.2, 0) is 16.1 Å². The first kappa shape index (κ1) is 17.2. The van der Waals surface area contributed by atoms with Gasteiger partial charge in [0.25, 0.3) is 5.91 Å². The second-order valence-electron chi connectivity index (χ2n) is 6.80. The van der Waals surface area contributed by atoms with Crippen LogP contribution < -0.4 is 5.01 Å². The lowest BCUT2D eigenvalue weighted by Crippen LogP contribution is -2.38. The minimum atomic E-state index is -0.988. The van der Waals surface area contributed by atoms with E-state index >= 15 is 0 Å². The van der Waals surface area contributed by atoms with Crippen LogP contribution in [0.2, 0.25) is 0 Å². The Bertz CT molecular complexity index is 865. The Balaban J connectivity index is 1.59. The number of hydrogen-bond acceptors (Lipinski definition) is 5. The molecule has 0 spiro atoms. The molecule has 1 aliphatic heterocycles. The topological polar surface area (TPSA) is 86.1 Å². The molecule has 1 aromatic heterocycles. The number of pyridine rings is 1. The van der Waals surface area contributed by atoms with E-state index in [4.69, 9.17) is 0 Å². The van der Waals surface area contributed by atoms with Gasteiger partial charge in [0, 0.05) is 31.4 Å². The van der Waals surface area contributed by atoms with Crippen molar-refractivity contribution in [2.75, 3.05) is 5.01 Å². The molecule has 27 heavy (non-hydrogen) atoms. The van der Waals surface area contributed by atoms with Crippen molar-refractivity contribution in [2.24, 2.45) is 5.10 Å². The molecule has 7 heteroatoms. The molecule has 1 N–H and O–H groups in total. The molecule has 1 atom stereocenters. The Labute approximate surface area is 156 Å². The highest BCUT2D eigenvalue weighted by Gasteiger charge is 2.40. The largest absolute Gasteiger partial charge is 0.480 e. The molecule has 2 aliphatic rings. The number of carboxylic acid groups (broad SMARTS) is 1. The monoisotopic (exact) mass is 364 g/mol. The molecular weight excluding hydrogens is 344 g/mol. The maximum absolute atomic E-state index is 13.1. The summed E-state index contributed by atoms with van der Waals surface area (Å²) in [6, 6.07) is 12.2. The zero-order valence-corrected chi connectivity index (χ0v) is 14.7. The van der Waals surface area contributed by atoms with Gasteiger partial charge < -0.3 is 10.0 Å². The first-order chi connectivity index (χ1) is 13.1. The number of hydrogen-bond donors (Lipinski definition) is 1. The first-order valence-corrected chi connectivity index (χ1v) is 8.98. The van der Waals surface area contributed by atoms with Gasteiger partial charge in [-0.15, -0.1) is 0 Å². The van der Waals surface area contributed by atoms with Gasteiger partial charge in [0.1, 0.15) is 5.71 Å². The normalized spacial score (nSPS) is 18.9. The minimum absolute atomic E-state index is 0.0998. The zero-order chi connectivity index (χ0) is 18.8. The number of aromatic nitrogens is 1. The van der Waals surface area contributed by atoms with E-state index in [-0.39, 0.29) is 18.4 Å². The van der Waals surface area contributed by atoms with E-state index in [0.29, 0.717) is 17.9 Å². The molecule has 2 heterocycles. The molecule has 4 rings (SSSR count). The number of aliphatic carboxylic acids is 1. The van der Waals surface area contributed by atoms with Crippen molar-refractivity contribution in [3.8, 4) is 0 Å². The number of carbonyl (C=O) groups excluding carboxylic acids is 1. The lowest BCUT2D eigenvalue weighted by molar-refractivity contribution is -0.138. The highest BCUT2D eigenvalue weighted by molar-refractivity contribution is 6.40. The maximum Gasteiger partial charge on any atom is 0.328 e. The number of amides is 1. The van der Waals surface area contributed by atoms with Gasteiger partial charge in [0.15, 0.2) is 6.04 Å². The van der Waals surface area contributed by atoms with Gasteiger partial charge in [-0.25, -0.2) is 4.79 Å². The number of para-hydroxylation sites is 1. The number of nitrogens with zero attached hydrogens (tertiary/aromatic N) is 4. The summed E-state index contributed by atoms with van der Waals surface area (Å²) in [6.07, 6.45) is 5.44. The molecule has 1 fully saturated rings. The molecule has 1 amide bonds. The predicted molar refractivity (Wildman–Crippen MR) is 100 cm³/mol. The van der Waals surface area contributed by atoms with E-state index in [1.54, 1.807) is 24.5 Å². The van der Waals surface area contributed by atoms with Crippen molar-refractivity contribution in [1.82, 2.24) is 9.88 Å². The zero-order valence-electron chi connectivity index (χ0n) is 14.7. The van der Waals surface area contributed by atoms with Crippen molar-refractivity contribution in [1.29, 1.82) is 0 Å². The predicted octanol–water partition coefficient (Wildman–Crippen LogP) is 2.29. The molecule has 0 bridgehead atoms. The number of benzene rings is 1. The lowest BCUT2D eigenvalue weighted by atomic mass is 10.1. The van der Waals surface area contributed by atoms with Crippen molar-refractivity contribution < 1.29 is 14.7 Å². The van der Waals surface area contributed by atoms with E-state index in [1.165, 1.54) is 5.01 Å². The number of anilines is 1. The smallest absolute Gasteiger partial charge is 0.328 e. The molecule has 1 saturated carbocycles. The second kappa shape index (κ2) is 7.19. The standard InChI is InChI=1S/C20H20N4O3/c25-19(23(15-6-7-15)13-14-8-10-21-11-9-14)17-12-18(20(26)27)24(22-17)16-4-2-1-3-5-16/h1-5,8-11,15,18H,6-7,12-13H2,(H,26,27). The van der Waals surface area contributed by atoms with Crippen LogP contribution in [-0.4, -0.2) is 44.7 Å². The second-order valence-corrected chi connectivity index (χ2v) is 6.80. The highest BCUT2D eigenvalue weighted by Crippen LogP contribution is 2.31. The van der Waals surface area contributed by atoms with E-state index < -0.39 is 12.0 Å². The fraction of sp³-hybridized carbons (Fsp3) is 0.300. The van der Waals surface area contributed by atoms with Crippen LogP contribution in [0.3, 0.4) is 0 Å². The van der Waals surface area contributed by atoms with E-state index in [9.17, 15) is 14.7 Å². The number of carboxylic acids is 1. The van der Waals surface area contributed by atoms with Gasteiger partial charge in [-0.2, -0.15) is 5.10 Å². The minimum Gasteiger partial charge on any atom is -0.480 e. The Morgan fingerprint density at radius 1 is 1.11 bits per heavy atom. The third-order valence-corrected chi connectivity index (χ3v) is 4.81. The summed E-state index contributed by atoms with van der Waals surface area (Å²) in [4.78, 5) is 30.7. The van der Waals surface area contributed by atoms with Gasteiger partial charge in [0.05, 0.1) is 5.69 Å². The summed E-state index contributed by atoms with van der Waals surface area (Å²) < 4.78 is 0. The van der Waals surface area contributed by atoms with Crippen LogP contribution in [0.15, 0.2) is 60.0 Å². The average Bonchev–Trinajstić information content (AvgIpc) is 3.44. The first-order valence-electron chi connectivity index (χ1n) is 8.98. The highest BCUT2D eigenvalue weighted by atomic mass is 16.4. The molecule has 0 radical (unpaired) electrons. The number of rotatable bonds is 6. The van der Waals surface area contributed by atoms with Gasteiger partial charge in [-0.05, 0) is 42.7 Å². The van der Waals surface area contributed by atoms with Gasteiger partial charge in [0.2, 0.25) is 0 Å². The van der Waals surface area contributed by atoms with Crippen molar-refractivity contribution >= 4 is 23.3 Å². The molecule has 7 nitrogen and oxygen atoms in total. The Hall–Kier alpha value is -3.22. The van der Waals surface area contributed by atoms with Crippen LogP contribution in [0.5, 0.6) is 0 Å². The van der Waals surface area contributed by atoms with Crippen LogP contribution in [0.25, 0.3) is 0 Å².